The average Bonchev–Trinajstić information content (AvgIpc) is 3.23. The van der Waals surface area contributed by atoms with Crippen LogP contribution in [0.25, 0.3) is 0 Å². The Balaban J connectivity index is 1.34. The van der Waals surface area contributed by atoms with Crippen molar-refractivity contribution >= 4 is 15.7 Å². The first-order chi connectivity index (χ1) is 15.0. The molecule has 0 unspecified atom stereocenters. The van der Waals surface area contributed by atoms with Crippen molar-refractivity contribution in [1.82, 2.24) is 15.2 Å². The highest BCUT2D eigenvalue weighted by Crippen LogP contribution is 2.15. The third kappa shape index (κ3) is 8.55. The molecule has 31 heavy (non-hydrogen) atoms. The number of likely N-dealkylation sites (tertiary alicyclic amines) is 1. The van der Waals surface area contributed by atoms with E-state index in [0.29, 0.717) is 18.2 Å². The van der Waals surface area contributed by atoms with Crippen molar-refractivity contribution in [2.24, 2.45) is 0 Å². The van der Waals surface area contributed by atoms with Gasteiger partial charge in [-0.1, -0.05) is 12.5 Å². The fourth-order valence-electron chi connectivity index (χ4n) is 3.37. The van der Waals surface area contributed by atoms with E-state index in [0.717, 1.165) is 19.6 Å². The number of sulfone groups is 1. The first-order valence-corrected chi connectivity index (χ1v) is 12.3. The maximum absolute atomic E-state index is 12.0. The SMILES string of the molecule is O=C(CS(=O)(=O)Cc1ccco1)NC/C=C/COc1cc(CN2CCCCC2)ccn1. The van der Waals surface area contributed by atoms with E-state index in [1.165, 1.54) is 31.1 Å². The number of ether oxygens (including phenoxy) is 1. The third-order valence-corrected chi connectivity index (χ3v) is 6.28. The van der Waals surface area contributed by atoms with Gasteiger partial charge in [-0.2, -0.15) is 0 Å². The summed E-state index contributed by atoms with van der Waals surface area (Å²) >= 11 is 0. The molecule has 0 bridgehead atoms. The van der Waals surface area contributed by atoms with Crippen molar-refractivity contribution in [2.75, 3.05) is 32.0 Å². The Kier molecular flexibility index (Phi) is 8.66. The van der Waals surface area contributed by atoms with Gasteiger partial charge in [0, 0.05) is 25.4 Å². The summed E-state index contributed by atoms with van der Waals surface area (Å²) in [5, 5.41) is 2.56. The van der Waals surface area contributed by atoms with E-state index < -0.39 is 21.5 Å². The van der Waals surface area contributed by atoms with Gasteiger partial charge < -0.3 is 14.5 Å². The quantitative estimate of drug-likeness (QED) is 0.528. The number of rotatable bonds is 11. The molecule has 0 spiro atoms. The summed E-state index contributed by atoms with van der Waals surface area (Å²) in [6.45, 7) is 3.71. The van der Waals surface area contributed by atoms with Crippen LogP contribution in [0.4, 0.5) is 0 Å². The third-order valence-electron chi connectivity index (χ3n) is 4.86. The lowest BCUT2D eigenvalue weighted by Gasteiger charge is -2.26. The summed E-state index contributed by atoms with van der Waals surface area (Å²) in [5.41, 5.74) is 1.18. The molecule has 8 nitrogen and oxygen atoms in total. The summed E-state index contributed by atoms with van der Waals surface area (Å²) < 4.78 is 34.6. The number of aromatic nitrogens is 1. The molecule has 2 aromatic rings. The van der Waals surface area contributed by atoms with Crippen LogP contribution in [0.5, 0.6) is 5.88 Å². The molecule has 3 heterocycles. The number of nitrogens with zero attached hydrogens (tertiary/aromatic N) is 2. The molecule has 0 aromatic carbocycles. The Morgan fingerprint density at radius 3 is 2.84 bits per heavy atom. The Labute approximate surface area is 183 Å². The summed E-state index contributed by atoms with van der Waals surface area (Å²) in [4.78, 5) is 18.5. The van der Waals surface area contributed by atoms with Gasteiger partial charge in [0.1, 0.15) is 23.9 Å². The molecule has 0 aliphatic carbocycles. The second-order valence-corrected chi connectivity index (χ2v) is 9.60. The van der Waals surface area contributed by atoms with Gasteiger partial charge in [0.05, 0.1) is 6.26 Å². The van der Waals surface area contributed by atoms with Gasteiger partial charge in [0.15, 0.2) is 9.84 Å². The zero-order valence-corrected chi connectivity index (χ0v) is 18.4. The van der Waals surface area contributed by atoms with Crippen LogP contribution in [0.1, 0.15) is 30.6 Å². The highest BCUT2D eigenvalue weighted by molar-refractivity contribution is 7.91. The van der Waals surface area contributed by atoms with Crippen molar-refractivity contribution in [3.8, 4) is 5.88 Å². The van der Waals surface area contributed by atoms with Gasteiger partial charge in [0.2, 0.25) is 11.8 Å². The van der Waals surface area contributed by atoms with E-state index in [4.69, 9.17) is 9.15 Å². The molecule has 0 saturated carbocycles. The van der Waals surface area contributed by atoms with Crippen LogP contribution < -0.4 is 10.1 Å². The molecular formula is C22H29N3O5S. The number of carbonyl (C=O) groups is 1. The smallest absolute Gasteiger partial charge is 0.235 e. The van der Waals surface area contributed by atoms with E-state index >= 15 is 0 Å². The minimum absolute atomic E-state index is 0.223. The summed E-state index contributed by atoms with van der Waals surface area (Å²) in [6.07, 6.45) is 10.5. The molecule has 1 aliphatic heterocycles. The fraction of sp³-hybridized carbons (Fsp3) is 0.455. The molecule has 1 fully saturated rings. The predicted molar refractivity (Wildman–Crippen MR) is 117 cm³/mol. The van der Waals surface area contributed by atoms with Crippen LogP contribution in [-0.2, 0) is 26.9 Å². The molecule has 3 rings (SSSR count). The van der Waals surface area contributed by atoms with Crippen LogP contribution >= 0.6 is 0 Å². The Morgan fingerprint density at radius 2 is 2.06 bits per heavy atom. The van der Waals surface area contributed by atoms with E-state index in [1.54, 1.807) is 30.5 Å². The van der Waals surface area contributed by atoms with Crippen molar-refractivity contribution in [1.29, 1.82) is 0 Å². The van der Waals surface area contributed by atoms with Crippen LogP contribution in [0.2, 0.25) is 0 Å². The molecule has 1 aliphatic rings. The number of amides is 1. The van der Waals surface area contributed by atoms with E-state index in [-0.39, 0.29) is 12.3 Å². The summed E-state index contributed by atoms with van der Waals surface area (Å²) in [7, 11) is -3.57. The number of piperidine rings is 1. The lowest BCUT2D eigenvalue weighted by molar-refractivity contribution is -0.118. The van der Waals surface area contributed by atoms with Gasteiger partial charge in [-0.25, -0.2) is 13.4 Å². The predicted octanol–water partition coefficient (Wildman–Crippen LogP) is 2.33. The largest absolute Gasteiger partial charge is 0.473 e. The topological polar surface area (TPSA) is 102 Å². The molecule has 9 heteroatoms. The van der Waals surface area contributed by atoms with E-state index in [9.17, 15) is 13.2 Å². The van der Waals surface area contributed by atoms with Gasteiger partial charge in [-0.05, 0) is 55.8 Å². The summed E-state index contributed by atoms with van der Waals surface area (Å²) in [6, 6.07) is 7.13. The van der Waals surface area contributed by atoms with Crippen LogP contribution in [0, 0.1) is 0 Å². The molecule has 1 N–H and O–H groups in total. The van der Waals surface area contributed by atoms with Gasteiger partial charge >= 0.3 is 0 Å². The van der Waals surface area contributed by atoms with Crippen LogP contribution in [0.3, 0.4) is 0 Å². The molecule has 1 saturated heterocycles. The molecule has 168 valence electrons. The molecule has 0 atom stereocenters. The number of hydrogen-bond donors (Lipinski definition) is 1. The zero-order chi connectivity index (χ0) is 21.9. The molecular weight excluding hydrogens is 418 g/mol. The number of carbonyl (C=O) groups excluding carboxylic acids is 1. The summed E-state index contributed by atoms with van der Waals surface area (Å²) in [5.74, 6) is -0.540. The Morgan fingerprint density at radius 1 is 1.23 bits per heavy atom. The molecule has 1 amide bonds. The Hall–Kier alpha value is -2.65. The number of nitrogens with one attached hydrogen (secondary N) is 1. The first-order valence-electron chi connectivity index (χ1n) is 10.4. The minimum Gasteiger partial charge on any atom is -0.473 e. The van der Waals surface area contributed by atoms with Gasteiger partial charge in [-0.3, -0.25) is 9.69 Å². The van der Waals surface area contributed by atoms with E-state index in [2.05, 4.69) is 15.2 Å². The number of pyridine rings is 1. The highest BCUT2D eigenvalue weighted by atomic mass is 32.2. The minimum atomic E-state index is -3.57. The lowest BCUT2D eigenvalue weighted by atomic mass is 10.1. The van der Waals surface area contributed by atoms with Crippen molar-refractivity contribution in [3.63, 3.8) is 0 Å². The van der Waals surface area contributed by atoms with Crippen LogP contribution in [-0.4, -0.2) is 56.2 Å². The molecule has 2 aromatic heterocycles. The number of hydrogen-bond acceptors (Lipinski definition) is 7. The average molecular weight is 448 g/mol. The fourth-order valence-corrected chi connectivity index (χ4v) is 4.58. The zero-order valence-electron chi connectivity index (χ0n) is 17.5. The maximum atomic E-state index is 12.0. The first kappa shape index (κ1) is 23.0. The van der Waals surface area contributed by atoms with Crippen LogP contribution in [0.15, 0.2) is 53.3 Å². The van der Waals surface area contributed by atoms with Crippen molar-refractivity contribution < 1.29 is 22.4 Å². The van der Waals surface area contributed by atoms with Crippen molar-refractivity contribution in [3.05, 3.63) is 60.2 Å². The second kappa shape index (κ2) is 11.7. The standard InChI is InChI=1S/C22H29N3O5S/c26-21(18-31(27,28)17-20-7-6-14-29-20)23-9-2-5-13-30-22-15-19(8-10-24-22)16-25-11-3-1-4-12-25/h2,5-8,10,14-15H,1,3-4,9,11-13,16-18H2,(H,23,26)/b5-2+. The second-order valence-electron chi connectivity index (χ2n) is 7.54. The maximum Gasteiger partial charge on any atom is 0.235 e. The highest BCUT2D eigenvalue weighted by Gasteiger charge is 2.18. The van der Waals surface area contributed by atoms with Gasteiger partial charge in [0.25, 0.3) is 0 Å². The van der Waals surface area contributed by atoms with Gasteiger partial charge in [-0.15, -0.1) is 0 Å². The normalized spacial score (nSPS) is 15.2. The number of furan rings is 1. The Bertz CT molecular complexity index is 951. The molecule has 0 radical (unpaired) electrons. The van der Waals surface area contributed by atoms with Crippen molar-refractivity contribution in [2.45, 2.75) is 31.6 Å². The lowest BCUT2D eigenvalue weighted by Crippen LogP contribution is -2.30. The van der Waals surface area contributed by atoms with E-state index in [1.807, 2.05) is 12.1 Å². The monoisotopic (exact) mass is 447 g/mol.